The van der Waals surface area contributed by atoms with E-state index in [4.69, 9.17) is 9.47 Å². The third kappa shape index (κ3) is 4.45. The first-order chi connectivity index (χ1) is 11.2. The lowest BCUT2D eigenvalue weighted by molar-refractivity contribution is -0.121. The average molecular weight is 317 g/mol. The summed E-state index contributed by atoms with van der Waals surface area (Å²) in [5, 5.41) is 2.82. The molecule has 0 aliphatic carbocycles. The Labute approximate surface area is 135 Å². The summed E-state index contributed by atoms with van der Waals surface area (Å²) in [7, 11) is 3.12. The molecular weight excluding hydrogens is 297 g/mol. The molecule has 0 saturated heterocycles. The van der Waals surface area contributed by atoms with Gasteiger partial charge in [0, 0.05) is 18.5 Å². The highest BCUT2D eigenvalue weighted by Crippen LogP contribution is 2.30. The van der Waals surface area contributed by atoms with Crippen molar-refractivity contribution in [2.75, 3.05) is 14.2 Å². The van der Waals surface area contributed by atoms with Gasteiger partial charge in [0.1, 0.15) is 5.82 Å². The summed E-state index contributed by atoms with van der Waals surface area (Å²) in [5.41, 5.74) is 1.37. The number of nitrogens with one attached hydrogen (secondary N) is 1. The lowest BCUT2D eigenvalue weighted by Gasteiger charge is -2.13. The topological polar surface area (TPSA) is 47.6 Å². The smallest absolute Gasteiger partial charge is 0.220 e. The third-order valence-electron chi connectivity index (χ3n) is 3.54. The largest absolute Gasteiger partial charge is 0.493 e. The summed E-state index contributed by atoms with van der Waals surface area (Å²) in [6.07, 6.45) is 0.598. The number of carbonyl (C=O) groups is 1. The van der Waals surface area contributed by atoms with Crippen molar-refractivity contribution in [2.45, 2.75) is 19.4 Å². The number of hydrogen-bond acceptors (Lipinski definition) is 3. The molecule has 0 aromatic heterocycles. The number of para-hydroxylation sites is 1. The van der Waals surface area contributed by atoms with Gasteiger partial charge in [0.2, 0.25) is 5.91 Å². The van der Waals surface area contributed by atoms with Crippen molar-refractivity contribution in [1.82, 2.24) is 5.32 Å². The molecule has 0 saturated carbocycles. The van der Waals surface area contributed by atoms with Crippen molar-refractivity contribution in [3.05, 3.63) is 59.4 Å². The van der Waals surface area contributed by atoms with Crippen LogP contribution in [0.2, 0.25) is 0 Å². The summed E-state index contributed by atoms with van der Waals surface area (Å²) >= 11 is 0. The van der Waals surface area contributed by atoms with Crippen LogP contribution in [0.15, 0.2) is 42.5 Å². The first-order valence-electron chi connectivity index (χ1n) is 7.35. The Hall–Kier alpha value is -2.56. The van der Waals surface area contributed by atoms with Crippen LogP contribution >= 0.6 is 0 Å². The standard InChI is InChI=1S/C18H20FNO3/c1-22-16-9-5-7-14(18(16)23-2)12-20-17(21)11-10-13-6-3-4-8-15(13)19/h3-9H,10-12H2,1-2H3,(H,20,21). The Kier molecular flexibility index (Phi) is 5.97. The number of amides is 1. The lowest BCUT2D eigenvalue weighted by atomic mass is 10.1. The average Bonchev–Trinajstić information content (AvgIpc) is 2.58. The zero-order valence-corrected chi connectivity index (χ0v) is 13.3. The third-order valence-corrected chi connectivity index (χ3v) is 3.54. The van der Waals surface area contributed by atoms with E-state index in [2.05, 4.69) is 5.32 Å². The fraction of sp³-hybridized carbons (Fsp3) is 0.278. The zero-order chi connectivity index (χ0) is 16.7. The van der Waals surface area contributed by atoms with Crippen LogP contribution in [-0.2, 0) is 17.8 Å². The highest BCUT2D eigenvalue weighted by Gasteiger charge is 2.11. The molecule has 0 bridgehead atoms. The van der Waals surface area contributed by atoms with Gasteiger partial charge in [-0.1, -0.05) is 30.3 Å². The molecule has 4 nitrogen and oxygen atoms in total. The maximum absolute atomic E-state index is 13.5. The molecule has 0 unspecified atom stereocenters. The van der Waals surface area contributed by atoms with Crippen LogP contribution in [0.25, 0.3) is 0 Å². The van der Waals surface area contributed by atoms with E-state index in [-0.39, 0.29) is 18.1 Å². The predicted molar refractivity (Wildman–Crippen MR) is 86.1 cm³/mol. The summed E-state index contributed by atoms with van der Waals surface area (Å²) in [6, 6.07) is 12.0. The molecule has 0 atom stereocenters. The number of carbonyl (C=O) groups excluding carboxylic acids is 1. The van der Waals surface area contributed by atoms with Gasteiger partial charge in [-0.25, -0.2) is 4.39 Å². The number of rotatable bonds is 7. The van der Waals surface area contributed by atoms with Crippen molar-refractivity contribution in [3.63, 3.8) is 0 Å². The van der Waals surface area contributed by atoms with Gasteiger partial charge >= 0.3 is 0 Å². The van der Waals surface area contributed by atoms with Gasteiger partial charge in [-0.3, -0.25) is 4.79 Å². The second-order valence-corrected chi connectivity index (χ2v) is 5.02. The molecule has 0 fully saturated rings. The first kappa shape index (κ1) is 16.8. The second kappa shape index (κ2) is 8.17. The van der Waals surface area contributed by atoms with Crippen LogP contribution in [0, 0.1) is 5.82 Å². The van der Waals surface area contributed by atoms with Gasteiger partial charge in [0.25, 0.3) is 0 Å². The van der Waals surface area contributed by atoms with Crippen LogP contribution in [0.5, 0.6) is 11.5 Å². The molecule has 23 heavy (non-hydrogen) atoms. The van der Waals surface area contributed by atoms with Crippen LogP contribution < -0.4 is 14.8 Å². The van der Waals surface area contributed by atoms with E-state index in [1.165, 1.54) is 6.07 Å². The van der Waals surface area contributed by atoms with E-state index in [1.807, 2.05) is 12.1 Å². The fourth-order valence-corrected chi connectivity index (χ4v) is 2.32. The maximum Gasteiger partial charge on any atom is 0.220 e. The highest BCUT2D eigenvalue weighted by atomic mass is 19.1. The molecule has 0 heterocycles. The minimum Gasteiger partial charge on any atom is -0.493 e. The number of halogens is 1. The number of hydrogen-bond donors (Lipinski definition) is 1. The minimum absolute atomic E-state index is 0.141. The van der Waals surface area contributed by atoms with Crippen molar-refractivity contribution in [1.29, 1.82) is 0 Å². The molecule has 0 aliphatic heterocycles. The molecule has 2 aromatic rings. The quantitative estimate of drug-likeness (QED) is 0.853. The summed E-state index contributed by atoms with van der Waals surface area (Å²) in [4.78, 5) is 11.9. The molecule has 1 N–H and O–H groups in total. The van der Waals surface area contributed by atoms with Gasteiger partial charge in [0.05, 0.1) is 14.2 Å². The molecule has 5 heteroatoms. The van der Waals surface area contributed by atoms with Gasteiger partial charge in [-0.2, -0.15) is 0 Å². The molecule has 122 valence electrons. The normalized spacial score (nSPS) is 10.2. The monoisotopic (exact) mass is 317 g/mol. The Balaban J connectivity index is 1.91. The Morgan fingerprint density at radius 1 is 1.04 bits per heavy atom. The van der Waals surface area contributed by atoms with E-state index < -0.39 is 0 Å². The first-order valence-corrected chi connectivity index (χ1v) is 7.35. The van der Waals surface area contributed by atoms with E-state index in [0.29, 0.717) is 30.0 Å². The number of ether oxygens (including phenoxy) is 2. The van der Waals surface area contributed by atoms with E-state index in [9.17, 15) is 9.18 Å². The Morgan fingerprint density at radius 2 is 1.78 bits per heavy atom. The second-order valence-electron chi connectivity index (χ2n) is 5.02. The minimum atomic E-state index is -0.283. The molecule has 0 radical (unpaired) electrons. The zero-order valence-electron chi connectivity index (χ0n) is 13.3. The van der Waals surface area contributed by atoms with Crippen molar-refractivity contribution >= 4 is 5.91 Å². The van der Waals surface area contributed by atoms with Crippen molar-refractivity contribution in [3.8, 4) is 11.5 Å². The van der Waals surface area contributed by atoms with E-state index in [0.717, 1.165) is 5.56 Å². The summed E-state index contributed by atoms with van der Waals surface area (Å²) in [5.74, 6) is 0.794. The number of aryl methyl sites for hydroxylation is 1. The summed E-state index contributed by atoms with van der Waals surface area (Å²) in [6.45, 7) is 0.330. The number of benzene rings is 2. The van der Waals surface area contributed by atoms with Crippen molar-refractivity contribution in [2.24, 2.45) is 0 Å². The van der Waals surface area contributed by atoms with Gasteiger partial charge in [-0.05, 0) is 24.1 Å². The summed E-state index contributed by atoms with van der Waals surface area (Å²) < 4.78 is 24.1. The van der Waals surface area contributed by atoms with Crippen LogP contribution in [0.4, 0.5) is 4.39 Å². The maximum atomic E-state index is 13.5. The van der Waals surface area contributed by atoms with Crippen molar-refractivity contribution < 1.29 is 18.7 Å². The molecule has 0 spiro atoms. The van der Waals surface area contributed by atoms with Gasteiger partial charge in [-0.15, -0.1) is 0 Å². The molecular formula is C18H20FNO3. The lowest BCUT2D eigenvalue weighted by Crippen LogP contribution is -2.23. The fourth-order valence-electron chi connectivity index (χ4n) is 2.32. The van der Waals surface area contributed by atoms with Gasteiger partial charge < -0.3 is 14.8 Å². The highest BCUT2D eigenvalue weighted by molar-refractivity contribution is 5.76. The van der Waals surface area contributed by atoms with E-state index >= 15 is 0 Å². The Morgan fingerprint density at radius 3 is 2.48 bits per heavy atom. The molecule has 2 aromatic carbocycles. The van der Waals surface area contributed by atoms with Gasteiger partial charge in [0.15, 0.2) is 11.5 Å². The number of methoxy groups -OCH3 is 2. The van der Waals surface area contributed by atoms with Crippen LogP contribution in [-0.4, -0.2) is 20.1 Å². The molecule has 1 amide bonds. The molecule has 2 rings (SSSR count). The SMILES string of the molecule is COc1cccc(CNC(=O)CCc2ccccc2F)c1OC. The van der Waals surface area contributed by atoms with Crippen LogP contribution in [0.3, 0.4) is 0 Å². The Bertz CT molecular complexity index is 673. The molecule has 0 aliphatic rings. The van der Waals surface area contributed by atoms with Crippen LogP contribution in [0.1, 0.15) is 17.5 Å². The predicted octanol–water partition coefficient (Wildman–Crippen LogP) is 3.09. The van der Waals surface area contributed by atoms with E-state index in [1.54, 1.807) is 38.5 Å².